The molecule has 1 rings (SSSR count). The zero-order chi connectivity index (χ0) is 14.4. The van der Waals surface area contributed by atoms with Gasteiger partial charge in [0.25, 0.3) is 0 Å². The molecule has 0 aliphatic heterocycles. The van der Waals surface area contributed by atoms with Crippen molar-refractivity contribution in [2.75, 3.05) is 25.6 Å². The number of aromatic hydroxyl groups is 1. The van der Waals surface area contributed by atoms with E-state index in [-0.39, 0.29) is 11.5 Å². The first kappa shape index (κ1) is 16.3. The molecule has 3 nitrogen and oxygen atoms in total. The van der Waals surface area contributed by atoms with Gasteiger partial charge in [-0.15, -0.1) is 0 Å². The number of carbonyl (C=O) groups excluding carboxylic acids is 1. The van der Waals surface area contributed by atoms with Gasteiger partial charge in [-0.1, -0.05) is 11.6 Å². The number of benzene rings is 1. The second-order valence-electron chi connectivity index (χ2n) is 4.60. The lowest BCUT2D eigenvalue weighted by Gasteiger charge is -2.18. The van der Waals surface area contributed by atoms with E-state index < -0.39 is 0 Å². The molecule has 0 unspecified atom stereocenters. The van der Waals surface area contributed by atoms with Crippen LogP contribution < -0.4 is 0 Å². The highest BCUT2D eigenvalue weighted by atomic mass is 35.5. The third-order valence-electron chi connectivity index (χ3n) is 2.86. The van der Waals surface area contributed by atoms with Gasteiger partial charge in [0.15, 0.2) is 5.78 Å². The van der Waals surface area contributed by atoms with Crippen molar-refractivity contribution in [2.24, 2.45) is 0 Å². The van der Waals surface area contributed by atoms with Gasteiger partial charge in [-0.2, -0.15) is 11.8 Å². The van der Waals surface area contributed by atoms with E-state index in [1.54, 1.807) is 6.07 Å². The summed E-state index contributed by atoms with van der Waals surface area (Å²) in [6.07, 6.45) is 3.18. The van der Waals surface area contributed by atoms with Gasteiger partial charge in [0.1, 0.15) is 5.75 Å². The summed E-state index contributed by atoms with van der Waals surface area (Å²) in [6.45, 7) is 2.96. The lowest BCUT2D eigenvalue weighted by atomic mass is 10.1. The van der Waals surface area contributed by atoms with Gasteiger partial charge in [0.05, 0.1) is 5.56 Å². The van der Waals surface area contributed by atoms with E-state index in [1.807, 2.05) is 18.8 Å². The maximum Gasteiger partial charge on any atom is 0.163 e. The fourth-order valence-electron chi connectivity index (χ4n) is 1.89. The van der Waals surface area contributed by atoms with Crippen LogP contribution in [0.25, 0.3) is 0 Å². The topological polar surface area (TPSA) is 40.5 Å². The van der Waals surface area contributed by atoms with Gasteiger partial charge in [-0.25, -0.2) is 0 Å². The van der Waals surface area contributed by atoms with E-state index in [0.717, 1.165) is 18.7 Å². The Bertz CT molecular complexity index is 451. The van der Waals surface area contributed by atoms with Crippen molar-refractivity contribution in [1.82, 2.24) is 4.90 Å². The van der Waals surface area contributed by atoms with E-state index >= 15 is 0 Å². The molecule has 0 aromatic heterocycles. The molecule has 5 heteroatoms. The molecule has 0 fully saturated rings. The summed E-state index contributed by atoms with van der Waals surface area (Å²) in [5.41, 5.74) is 0.990. The maximum absolute atomic E-state index is 11.4. The number of ketones is 1. The van der Waals surface area contributed by atoms with Crippen molar-refractivity contribution in [3.8, 4) is 5.75 Å². The summed E-state index contributed by atoms with van der Waals surface area (Å²) in [4.78, 5) is 13.5. The summed E-state index contributed by atoms with van der Waals surface area (Å²) in [7, 11) is 1.99. The zero-order valence-corrected chi connectivity index (χ0v) is 13.1. The Kier molecular flexibility index (Phi) is 6.69. The highest BCUT2D eigenvalue weighted by molar-refractivity contribution is 7.98. The molecule has 0 bridgehead atoms. The average Bonchev–Trinajstić information content (AvgIpc) is 2.33. The van der Waals surface area contributed by atoms with E-state index in [2.05, 4.69) is 11.2 Å². The van der Waals surface area contributed by atoms with Gasteiger partial charge in [0, 0.05) is 17.1 Å². The van der Waals surface area contributed by atoms with Crippen LogP contribution >= 0.6 is 23.4 Å². The highest BCUT2D eigenvalue weighted by Gasteiger charge is 2.14. The minimum Gasteiger partial charge on any atom is -0.507 e. The molecule has 1 N–H and O–H groups in total. The Morgan fingerprint density at radius 3 is 2.74 bits per heavy atom. The second kappa shape index (κ2) is 7.78. The Labute approximate surface area is 123 Å². The number of thioether (sulfide) groups is 1. The van der Waals surface area contributed by atoms with Crippen molar-refractivity contribution in [1.29, 1.82) is 0 Å². The quantitative estimate of drug-likeness (QED) is 0.619. The molecule has 0 aliphatic rings. The van der Waals surface area contributed by atoms with Crippen molar-refractivity contribution in [3.05, 3.63) is 28.3 Å². The minimum absolute atomic E-state index is 0.0496. The van der Waals surface area contributed by atoms with Gasteiger partial charge in [-0.3, -0.25) is 4.79 Å². The fourth-order valence-corrected chi connectivity index (χ4v) is 2.55. The number of phenolic OH excluding ortho intramolecular Hbond substituents is 1. The molecular formula is C14H20ClNO2S. The van der Waals surface area contributed by atoms with Crippen LogP contribution in [0.4, 0.5) is 0 Å². The number of carbonyl (C=O) groups is 1. The van der Waals surface area contributed by atoms with Gasteiger partial charge < -0.3 is 10.0 Å². The van der Waals surface area contributed by atoms with Crippen LogP contribution in [-0.4, -0.2) is 41.4 Å². The Morgan fingerprint density at radius 2 is 2.16 bits per heavy atom. The lowest BCUT2D eigenvalue weighted by molar-refractivity contribution is 0.101. The molecule has 0 spiro atoms. The number of Topliss-reactive ketones (excluding diaryl/α,β-unsaturated/α-hetero) is 1. The molecule has 106 valence electrons. The number of hydrogen-bond donors (Lipinski definition) is 1. The molecule has 0 radical (unpaired) electrons. The van der Waals surface area contributed by atoms with E-state index in [0.29, 0.717) is 22.7 Å². The van der Waals surface area contributed by atoms with E-state index in [9.17, 15) is 9.90 Å². The molecule has 1 aromatic carbocycles. The van der Waals surface area contributed by atoms with E-state index in [1.165, 1.54) is 13.0 Å². The van der Waals surface area contributed by atoms with Crippen molar-refractivity contribution in [2.45, 2.75) is 19.9 Å². The maximum atomic E-state index is 11.4. The Hall–Kier alpha value is -0.710. The van der Waals surface area contributed by atoms with Gasteiger partial charge in [0.2, 0.25) is 0 Å². The van der Waals surface area contributed by atoms with Crippen molar-refractivity contribution < 1.29 is 9.90 Å². The molecule has 1 aromatic rings. The first-order valence-corrected chi connectivity index (χ1v) is 7.92. The van der Waals surface area contributed by atoms with Crippen LogP contribution in [0, 0.1) is 0 Å². The van der Waals surface area contributed by atoms with Gasteiger partial charge in [-0.05, 0) is 51.1 Å². The molecule has 0 amide bonds. The summed E-state index contributed by atoms with van der Waals surface area (Å²) < 4.78 is 0. The summed E-state index contributed by atoms with van der Waals surface area (Å²) in [5, 5.41) is 10.6. The number of halogens is 1. The highest BCUT2D eigenvalue weighted by Crippen LogP contribution is 2.28. The normalized spacial score (nSPS) is 11.0. The van der Waals surface area contributed by atoms with Crippen LogP contribution in [0.15, 0.2) is 12.1 Å². The van der Waals surface area contributed by atoms with Crippen LogP contribution in [-0.2, 0) is 6.54 Å². The molecule has 0 atom stereocenters. The predicted octanol–water partition coefficient (Wildman–Crippen LogP) is 3.43. The number of hydrogen-bond acceptors (Lipinski definition) is 4. The molecule has 0 heterocycles. The first-order valence-electron chi connectivity index (χ1n) is 6.15. The van der Waals surface area contributed by atoms with Crippen LogP contribution in [0.1, 0.15) is 29.3 Å². The minimum atomic E-state index is -0.175. The number of nitrogens with zero attached hydrogens (tertiary/aromatic N) is 1. The molecular weight excluding hydrogens is 282 g/mol. The molecule has 0 aliphatic carbocycles. The third-order valence-corrected chi connectivity index (χ3v) is 3.78. The average molecular weight is 302 g/mol. The summed E-state index contributed by atoms with van der Waals surface area (Å²) in [5.74, 6) is 0.991. The standard InChI is InChI=1S/C14H20ClNO2S/c1-10(17)13-8-12(15)7-11(14(13)18)9-16(2)5-4-6-19-3/h7-8,18H,4-6,9H2,1-3H3. The largest absolute Gasteiger partial charge is 0.507 e. The van der Waals surface area contributed by atoms with Crippen molar-refractivity contribution in [3.63, 3.8) is 0 Å². The monoisotopic (exact) mass is 301 g/mol. The second-order valence-corrected chi connectivity index (χ2v) is 6.02. The number of phenols is 1. The van der Waals surface area contributed by atoms with Gasteiger partial charge >= 0.3 is 0 Å². The van der Waals surface area contributed by atoms with Crippen LogP contribution in [0.2, 0.25) is 5.02 Å². The smallest absolute Gasteiger partial charge is 0.163 e. The molecule has 0 saturated carbocycles. The Morgan fingerprint density at radius 1 is 1.47 bits per heavy atom. The molecule has 19 heavy (non-hydrogen) atoms. The predicted molar refractivity (Wildman–Crippen MR) is 82.5 cm³/mol. The Balaban J connectivity index is 2.80. The van der Waals surface area contributed by atoms with E-state index in [4.69, 9.17) is 11.6 Å². The summed E-state index contributed by atoms with van der Waals surface area (Å²) in [6, 6.07) is 3.23. The van der Waals surface area contributed by atoms with Crippen LogP contribution in [0.5, 0.6) is 5.75 Å². The fraction of sp³-hybridized carbons (Fsp3) is 0.500. The van der Waals surface area contributed by atoms with Crippen molar-refractivity contribution >= 4 is 29.1 Å². The first-order chi connectivity index (χ1) is 8.95. The van der Waals surface area contributed by atoms with Crippen LogP contribution in [0.3, 0.4) is 0 Å². The summed E-state index contributed by atoms with van der Waals surface area (Å²) >= 11 is 7.81. The zero-order valence-electron chi connectivity index (χ0n) is 11.6. The third kappa shape index (κ3) is 5.05. The lowest BCUT2D eigenvalue weighted by Crippen LogP contribution is -2.20. The number of rotatable bonds is 7. The molecule has 0 saturated heterocycles. The SMILES string of the molecule is CSCCCN(C)Cc1cc(Cl)cc(C(C)=O)c1O.